The molecule has 0 amide bonds. The molecule has 0 aromatic heterocycles. The van der Waals surface area contributed by atoms with Crippen LogP contribution in [0.5, 0.6) is 0 Å². The van der Waals surface area contributed by atoms with E-state index in [9.17, 15) is 0 Å². The molecule has 0 spiro atoms. The Hall–Kier alpha value is -0.520. The quantitative estimate of drug-likeness (QED) is 0.576. The Labute approximate surface area is 76.4 Å². The minimum absolute atomic E-state index is 0.470. The molecule has 1 unspecified atom stereocenters. The van der Waals surface area contributed by atoms with Crippen molar-refractivity contribution in [2.24, 2.45) is 5.41 Å². The van der Waals surface area contributed by atoms with Crippen molar-refractivity contribution in [1.29, 1.82) is 0 Å². The van der Waals surface area contributed by atoms with Crippen molar-refractivity contribution in [2.75, 3.05) is 0 Å². The van der Waals surface area contributed by atoms with E-state index in [1.165, 1.54) is 31.3 Å². The third-order valence-electron chi connectivity index (χ3n) is 2.97. The summed E-state index contributed by atoms with van der Waals surface area (Å²) < 4.78 is 0. The smallest absolute Gasteiger partial charge is 0.00758 e. The highest BCUT2D eigenvalue weighted by atomic mass is 14.3. The molecule has 1 atom stereocenters. The Kier molecular flexibility index (Phi) is 3.13. The normalized spacial score (nSPS) is 32.8. The first-order valence-electron chi connectivity index (χ1n) is 5.06. The van der Waals surface area contributed by atoms with E-state index >= 15 is 0 Å². The molecular formula is C12H20. The molecule has 0 heterocycles. The molecule has 1 aliphatic carbocycles. The molecule has 0 saturated carbocycles. The van der Waals surface area contributed by atoms with Crippen molar-refractivity contribution in [2.45, 2.75) is 46.5 Å². The number of rotatable bonds is 2. The van der Waals surface area contributed by atoms with Gasteiger partial charge in [0.15, 0.2) is 0 Å². The first-order chi connectivity index (χ1) is 5.73. The Morgan fingerprint density at radius 2 is 2.33 bits per heavy atom. The van der Waals surface area contributed by atoms with Crippen LogP contribution in [-0.2, 0) is 0 Å². The van der Waals surface area contributed by atoms with Crippen molar-refractivity contribution >= 4 is 0 Å². The van der Waals surface area contributed by atoms with Gasteiger partial charge in [0, 0.05) is 0 Å². The molecule has 68 valence electrons. The van der Waals surface area contributed by atoms with E-state index in [0.29, 0.717) is 5.41 Å². The largest absolute Gasteiger partial charge is 0.0842 e. The summed E-state index contributed by atoms with van der Waals surface area (Å²) in [6.45, 7) is 6.82. The Bertz CT molecular complexity index is 198. The molecular weight excluding hydrogens is 144 g/mol. The maximum Gasteiger partial charge on any atom is -0.00758 e. The first kappa shape index (κ1) is 9.57. The average molecular weight is 164 g/mol. The Balaban J connectivity index is 2.80. The third kappa shape index (κ3) is 1.80. The fourth-order valence-corrected chi connectivity index (χ4v) is 2.22. The summed E-state index contributed by atoms with van der Waals surface area (Å²) in [7, 11) is 0. The molecule has 0 heteroatoms. The molecule has 0 radical (unpaired) electrons. The van der Waals surface area contributed by atoms with Gasteiger partial charge in [-0.05, 0) is 37.2 Å². The summed E-state index contributed by atoms with van der Waals surface area (Å²) in [6, 6.07) is 0. The minimum Gasteiger partial charge on any atom is -0.0842 e. The maximum absolute atomic E-state index is 2.40. The minimum atomic E-state index is 0.470. The summed E-state index contributed by atoms with van der Waals surface area (Å²) in [5, 5.41) is 0. The molecule has 0 saturated heterocycles. The second-order valence-corrected chi connectivity index (χ2v) is 4.00. The Morgan fingerprint density at radius 1 is 1.58 bits per heavy atom. The van der Waals surface area contributed by atoms with Gasteiger partial charge in [0.2, 0.25) is 0 Å². The first-order valence-corrected chi connectivity index (χ1v) is 5.06. The monoisotopic (exact) mass is 164 g/mol. The number of allylic oxidation sites excluding steroid dienone is 4. The molecule has 0 nitrogen and oxygen atoms in total. The molecule has 0 fully saturated rings. The van der Waals surface area contributed by atoms with Crippen LogP contribution in [0.25, 0.3) is 0 Å². The van der Waals surface area contributed by atoms with Crippen molar-refractivity contribution in [3.05, 3.63) is 23.8 Å². The lowest BCUT2D eigenvalue weighted by atomic mass is 9.72. The predicted molar refractivity (Wildman–Crippen MR) is 55.1 cm³/mol. The summed E-state index contributed by atoms with van der Waals surface area (Å²) >= 11 is 0. The van der Waals surface area contributed by atoms with Crippen molar-refractivity contribution in [3.8, 4) is 0 Å². The van der Waals surface area contributed by atoms with E-state index in [1.807, 2.05) is 0 Å². The molecule has 0 aromatic carbocycles. The van der Waals surface area contributed by atoms with Crippen LogP contribution in [-0.4, -0.2) is 0 Å². The SMILES string of the molecule is C/C=C1/C=CCCC1(C)CCC. The average Bonchev–Trinajstić information content (AvgIpc) is 2.05. The molecule has 0 bridgehead atoms. The number of hydrogen-bond donors (Lipinski definition) is 0. The summed E-state index contributed by atoms with van der Waals surface area (Å²) in [5.74, 6) is 0. The third-order valence-corrected chi connectivity index (χ3v) is 2.97. The highest BCUT2D eigenvalue weighted by Crippen LogP contribution is 2.40. The van der Waals surface area contributed by atoms with Gasteiger partial charge in [0.05, 0.1) is 0 Å². The lowest BCUT2D eigenvalue weighted by Crippen LogP contribution is -2.20. The molecule has 0 N–H and O–H groups in total. The molecule has 0 aromatic rings. The molecule has 12 heavy (non-hydrogen) atoms. The molecule has 0 aliphatic heterocycles. The van der Waals surface area contributed by atoms with E-state index < -0.39 is 0 Å². The zero-order valence-corrected chi connectivity index (χ0v) is 8.56. The fourth-order valence-electron chi connectivity index (χ4n) is 2.22. The maximum atomic E-state index is 2.40. The van der Waals surface area contributed by atoms with Gasteiger partial charge in [0.1, 0.15) is 0 Å². The van der Waals surface area contributed by atoms with Crippen LogP contribution in [0.4, 0.5) is 0 Å². The van der Waals surface area contributed by atoms with Gasteiger partial charge < -0.3 is 0 Å². The number of hydrogen-bond acceptors (Lipinski definition) is 0. The zero-order chi connectivity index (χ0) is 9.03. The topological polar surface area (TPSA) is 0 Å². The fraction of sp³-hybridized carbons (Fsp3) is 0.667. The van der Waals surface area contributed by atoms with Crippen LogP contribution >= 0.6 is 0 Å². The predicted octanol–water partition coefficient (Wildman–Crippen LogP) is 4.09. The lowest BCUT2D eigenvalue weighted by molar-refractivity contribution is 0.334. The second-order valence-electron chi connectivity index (χ2n) is 4.00. The zero-order valence-electron chi connectivity index (χ0n) is 8.56. The van der Waals surface area contributed by atoms with E-state index in [0.717, 1.165) is 0 Å². The second kappa shape index (κ2) is 3.93. The molecule has 1 rings (SSSR count). The summed E-state index contributed by atoms with van der Waals surface area (Å²) in [4.78, 5) is 0. The molecule has 1 aliphatic rings. The highest BCUT2D eigenvalue weighted by molar-refractivity contribution is 5.28. The highest BCUT2D eigenvalue weighted by Gasteiger charge is 2.27. The van der Waals surface area contributed by atoms with Crippen molar-refractivity contribution in [3.63, 3.8) is 0 Å². The van der Waals surface area contributed by atoms with Gasteiger partial charge >= 0.3 is 0 Å². The van der Waals surface area contributed by atoms with Gasteiger partial charge in [-0.25, -0.2) is 0 Å². The standard InChI is InChI=1S/C12H20/c1-4-9-12(3)10-7-6-8-11(12)5-2/h5-6,8H,4,7,9-10H2,1-3H3/b11-5-. The summed E-state index contributed by atoms with van der Waals surface area (Å²) in [6.07, 6.45) is 12.1. The Morgan fingerprint density at radius 3 is 2.92 bits per heavy atom. The van der Waals surface area contributed by atoms with E-state index in [4.69, 9.17) is 0 Å². The van der Waals surface area contributed by atoms with Crippen LogP contribution in [0.15, 0.2) is 23.8 Å². The van der Waals surface area contributed by atoms with Gasteiger partial charge in [-0.3, -0.25) is 0 Å². The van der Waals surface area contributed by atoms with Gasteiger partial charge in [-0.1, -0.05) is 38.5 Å². The van der Waals surface area contributed by atoms with Gasteiger partial charge in [-0.2, -0.15) is 0 Å². The van der Waals surface area contributed by atoms with E-state index in [2.05, 4.69) is 39.0 Å². The van der Waals surface area contributed by atoms with Crippen LogP contribution in [0, 0.1) is 5.41 Å². The van der Waals surface area contributed by atoms with Gasteiger partial charge in [0.25, 0.3) is 0 Å². The summed E-state index contributed by atoms with van der Waals surface area (Å²) in [5.41, 5.74) is 2.01. The van der Waals surface area contributed by atoms with Crippen LogP contribution in [0.2, 0.25) is 0 Å². The van der Waals surface area contributed by atoms with Crippen molar-refractivity contribution in [1.82, 2.24) is 0 Å². The van der Waals surface area contributed by atoms with Gasteiger partial charge in [-0.15, -0.1) is 0 Å². The van der Waals surface area contributed by atoms with Crippen LogP contribution < -0.4 is 0 Å². The van der Waals surface area contributed by atoms with Crippen molar-refractivity contribution < 1.29 is 0 Å². The van der Waals surface area contributed by atoms with Crippen LogP contribution in [0.3, 0.4) is 0 Å². The van der Waals surface area contributed by atoms with Crippen LogP contribution in [0.1, 0.15) is 46.5 Å². The van der Waals surface area contributed by atoms with E-state index in [-0.39, 0.29) is 0 Å². The lowest BCUT2D eigenvalue weighted by Gasteiger charge is -2.33. The van der Waals surface area contributed by atoms with E-state index in [1.54, 1.807) is 0 Å².